The molecular formula is C12H14ClN5. The Balaban J connectivity index is 2.58. The van der Waals surface area contributed by atoms with Crippen molar-refractivity contribution in [3.8, 4) is 11.3 Å². The highest BCUT2D eigenvalue weighted by atomic mass is 35.5. The van der Waals surface area contributed by atoms with Crippen molar-refractivity contribution in [1.29, 1.82) is 0 Å². The fourth-order valence-corrected chi connectivity index (χ4v) is 1.97. The SMILES string of the molecule is CNc1cc(-c2cccc(CN)c2Cl)nc(N)n1. The first kappa shape index (κ1) is 12.6. The van der Waals surface area contributed by atoms with Gasteiger partial charge in [-0.2, -0.15) is 4.98 Å². The van der Waals surface area contributed by atoms with Crippen molar-refractivity contribution in [2.45, 2.75) is 6.54 Å². The molecule has 0 bridgehead atoms. The summed E-state index contributed by atoms with van der Waals surface area (Å²) in [4.78, 5) is 8.23. The molecule has 18 heavy (non-hydrogen) atoms. The molecule has 2 aromatic rings. The Morgan fingerprint density at radius 3 is 2.78 bits per heavy atom. The maximum atomic E-state index is 6.29. The standard InChI is InChI=1S/C12H14ClN5/c1-16-10-5-9(17-12(15)18-10)8-4-2-3-7(6-14)11(8)13/h2-5H,6,14H2,1H3,(H3,15,16,17,18). The second-order valence-electron chi connectivity index (χ2n) is 3.73. The number of anilines is 2. The first-order chi connectivity index (χ1) is 8.65. The summed E-state index contributed by atoms with van der Waals surface area (Å²) in [5.41, 5.74) is 13.6. The van der Waals surface area contributed by atoms with Crippen molar-refractivity contribution in [2.75, 3.05) is 18.1 Å². The number of nitrogen functional groups attached to an aromatic ring is 1. The van der Waals surface area contributed by atoms with Gasteiger partial charge in [-0.3, -0.25) is 0 Å². The van der Waals surface area contributed by atoms with E-state index < -0.39 is 0 Å². The molecule has 0 spiro atoms. The van der Waals surface area contributed by atoms with Crippen molar-refractivity contribution >= 4 is 23.4 Å². The van der Waals surface area contributed by atoms with Crippen molar-refractivity contribution in [2.24, 2.45) is 5.73 Å². The van der Waals surface area contributed by atoms with E-state index in [1.54, 1.807) is 13.1 Å². The monoisotopic (exact) mass is 263 g/mol. The molecule has 5 nitrogen and oxygen atoms in total. The molecule has 0 saturated heterocycles. The van der Waals surface area contributed by atoms with Crippen LogP contribution in [0.15, 0.2) is 24.3 Å². The van der Waals surface area contributed by atoms with Gasteiger partial charge in [-0.05, 0) is 5.56 Å². The minimum absolute atomic E-state index is 0.200. The van der Waals surface area contributed by atoms with Gasteiger partial charge in [-0.25, -0.2) is 4.98 Å². The van der Waals surface area contributed by atoms with E-state index in [2.05, 4.69) is 15.3 Å². The normalized spacial score (nSPS) is 10.4. The van der Waals surface area contributed by atoms with Crippen LogP contribution in [0.5, 0.6) is 0 Å². The van der Waals surface area contributed by atoms with E-state index in [1.807, 2.05) is 18.2 Å². The van der Waals surface area contributed by atoms with E-state index in [0.29, 0.717) is 23.1 Å². The summed E-state index contributed by atoms with van der Waals surface area (Å²) in [6.07, 6.45) is 0. The van der Waals surface area contributed by atoms with Crippen molar-refractivity contribution in [3.63, 3.8) is 0 Å². The third-order valence-corrected chi connectivity index (χ3v) is 3.02. The van der Waals surface area contributed by atoms with Crippen LogP contribution >= 0.6 is 11.6 Å². The van der Waals surface area contributed by atoms with Crippen LogP contribution in [0.4, 0.5) is 11.8 Å². The van der Waals surface area contributed by atoms with Crippen molar-refractivity contribution in [1.82, 2.24) is 9.97 Å². The molecule has 1 aromatic carbocycles. The Labute approximate surface area is 110 Å². The Hall–Kier alpha value is -1.85. The van der Waals surface area contributed by atoms with Crippen LogP contribution in [-0.4, -0.2) is 17.0 Å². The lowest BCUT2D eigenvalue weighted by Gasteiger charge is -2.09. The highest BCUT2D eigenvalue weighted by Gasteiger charge is 2.10. The van der Waals surface area contributed by atoms with Crippen LogP contribution in [0.2, 0.25) is 5.02 Å². The molecule has 0 amide bonds. The largest absolute Gasteiger partial charge is 0.373 e. The Morgan fingerprint density at radius 1 is 1.33 bits per heavy atom. The van der Waals surface area contributed by atoms with Gasteiger partial charge >= 0.3 is 0 Å². The summed E-state index contributed by atoms with van der Waals surface area (Å²) in [7, 11) is 1.77. The topological polar surface area (TPSA) is 89.8 Å². The maximum absolute atomic E-state index is 6.29. The second-order valence-corrected chi connectivity index (χ2v) is 4.11. The quantitative estimate of drug-likeness (QED) is 0.787. The molecule has 0 aliphatic carbocycles. The lowest BCUT2D eigenvalue weighted by atomic mass is 10.1. The Bertz CT molecular complexity index is 570. The minimum Gasteiger partial charge on any atom is -0.373 e. The molecule has 6 heteroatoms. The highest BCUT2D eigenvalue weighted by Crippen LogP contribution is 2.30. The summed E-state index contributed by atoms with van der Waals surface area (Å²) in [5, 5.41) is 3.52. The molecule has 1 aromatic heterocycles. The van der Waals surface area contributed by atoms with Gasteiger partial charge in [0.2, 0.25) is 5.95 Å². The van der Waals surface area contributed by atoms with Gasteiger partial charge < -0.3 is 16.8 Å². The molecule has 0 fully saturated rings. The van der Waals surface area contributed by atoms with E-state index in [4.69, 9.17) is 23.1 Å². The summed E-state index contributed by atoms with van der Waals surface area (Å²) < 4.78 is 0. The third kappa shape index (κ3) is 2.37. The number of rotatable bonds is 3. The number of hydrogen-bond acceptors (Lipinski definition) is 5. The lowest BCUT2D eigenvalue weighted by Crippen LogP contribution is -2.02. The molecule has 94 valence electrons. The summed E-state index contributed by atoms with van der Waals surface area (Å²) in [6, 6.07) is 7.44. The van der Waals surface area contributed by atoms with Gasteiger partial charge in [-0.15, -0.1) is 0 Å². The molecule has 0 radical (unpaired) electrons. The van der Waals surface area contributed by atoms with Crippen LogP contribution < -0.4 is 16.8 Å². The van der Waals surface area contributed by atoms with Crippen LogP contribution in [0.1, 0.15) is 5.56 Å². The van der Waals surface area contributed by atoms with Gasteiger partial charge in [-0.1, -0.05) is 29.8 Å². The van der Waals surface area contributed by atoms with Gasteiger partial charge in [0.05, 0.1) is 10.7 Å². The molecule has 2 rings (SSSR count). The van der Waals surface area contributed by atoms with Gasteiger partial charge in [0, 0.05) is 25.2 Å². The second kappa shape index (κ2) is 5.20. The van der Waals surface area contributed by atoms with E-state index in [0.717, 1.165) is 11.1 Å². The lowest BCUT2D eigenvalue weighted by molar-refractivity contribution is 1.07. The average molecular weight is 264 g/mol. The zero-order chi connectivity index (χ0) is 13.1. The number of nitrogens with two attached hydrogens (primary N) is 2. The van der Waals surface area contributed by atoms with Crippen LogP contribution in [0.3, 0.4) is 0 Å². The zero-order valence-corrected chi connectivity index (χ0v) is 10.7. The smallest absolute Gasteiger partial charge is 0.222 e. The number of aromatic nitrogens is 2. The van der Waals surface area contributed by atoms with Crippen LogP contribution in [0.25, 0.3) is 11.3 Å². The number of nitrogens with one attached hydrogen (secondary N) is 1. The van der Waals surface area contributed by atoms with E-state index in [-0.39, 0.29) is 5.95 Å². The number of benzene rings is 1. The van der Waals surface area contributed by atoms with Crippen molar-refractivity contribution in [3.05, 3.63) is 34.9 Å². The highest BCUT2D eigenvalue weighted by molar-refractivity contribution is 6.34. The summed E-state index contributed by atoms with van der Waals surface area (Å²) in [6.45, 7) is 0.381. The predicted molar refractivity (Wildman–Crippen MR) is 74.3 cm³/mol. The Kier molecular flexibility index (Phi) is 3.64. The molecular weight excluding hydrogens is 250 g/mol. The summed E-state index contributed by atoms with van der Waals surface area (Å²) in [5.74, 6) is 0.845. The molecule has 0 atom stereocenters. The van der Waals surface area contributed by atoms with E-state index >= 15 is 0 Å². The number of halogens is 1. The van der Waals surface area contributed by atoms with E-state index in [1.165, 1.54) is 0 Å². The van der Waals surface area contributed by atoms with Gasteiger partial charge in [0.25, 0.3) is 0 Å². The fraction of sp³-hybridized carbons (Fsp3) is 0.167. The van der Waals surface area contributed by atoms with Crippen LogP contribution in [-0.2, 0) is 6.54 Å². The number of hydrogen-bond donors (Lipinski definition) is 3. The predicted octanol–water partition coefficient (Wildman–Crippen LogP) is 1.88. The average Bonchev–Trinajstić information content (AvgIpc) is 2.38. The molecule has 5 N–H and O–H groups in total. The molecule has 0 aliphatic heterocycles. The molecule has 0 unspecified atom stereocenters. The molecule has 1 heterocycles. The van der Waals surface area contributed by atoms with Gasteiger partial charge in [0.15, 0.2) is 0 Å². The first-order valence-electron chi connectivity index (χ1n) is 5.46. The van der Waals surface area contributed by atoms with Crippen molar-refractivity contribution < 1.29 is 0 Å². The maximum Gasteiger partial charge on any atom is 0.222 e. The third-order valence-electron chi connectivity index (χ3n) is 2.57. The molecule has 0 aliphatic rings. The first-order valence-corrected chi connectivity index (χ1v) is 5.83. The minimum atomic E-state index is 0.200. The van der Waals surface area contributed by atoms with E-state index in [9.17, 15) is 0 Å². The summed E-state index contributed by atoms with van der Waals surface area (Å²) >= 11 is 6.29. The fourth-order valence-electron chi connectivity index (χ4n) is 1.67. The molecule has 0 saturated carbocycles. The Morgan fingerprint density at radius 2 is 2.11 bits per heavy atom. The zero-order valence-electron chi connectivity index (χ0n) is 9.94. The van der Waals surface area contributed by atoms with Gasteiger partial charge in [0.1, 0.15) is 5.82 Å². The number of nitrogens with zero attached hydrogens (tertiary/aromatic N) is 2. The van der Waals surface area contributed by atoms with Crippen LogP contribution in [0, 0.1) is 0 Å².